The summed E-state index contributed by atoms with van der Waals surface area (Å²) in [6.45, 7) is 13.9. The number of halogens is 2. The van der Waals surface area contributed by atoms with Gasteiger partial charge in [0.25, 0.3) is 0 Å². The van der Waals surface area contributed by atoms with Gasteiger partial charge in [-0.3, -0.25) is 0 Å². The number of allylic oxidation sites excluding steroid dienone is 12. The smallest absolute Gasteiger partial charge is 0.147 e. The molecular weight excluding hydrogens is 414 g/mol. The Morgan fingerprint density at radius 1 is 0.750 bits per heavy atom. The van der Waals surface area contributed by atoms with Crippen LogP contribution in [0, 0.1) is 5.92 Å². The summed E-state index contributed by atoms with van der Waals surface area (Å²) in [5.41, 5.74) is 13.9. The van der Waals surface area contributed by atoms with Crippen molar-refractivity contribution in [2.24, 2.45) is 5.92 Å². The second kappa shape index (κ2) is 8.07. The second-order valence-electron chi connectivity index (χ2n) is 7.04. The van der Waals surface area contributed by atoms with Crippen molar-refractivity contribution >= 4 is 24.8 Å². The van der Waals surface area contributed by atoms with Crippen molar-refractivity contribution in [3.8, 4) is 0 Å². The van der Waals surface area contributed by atoms with Crippen LogP contribution in [0.3, 0.4) is 0 Å². The van der Waals surface area contributed by atoms with Gasteiger partial charge in [-0.1, -0.05) is 0 Å². The Morgan fingerprint density at radius 3 is 1.75 bits per heavy atom. The van der Waals surface area contributed by atoms with Crippen molar-refractivity contribution in [1.29, 1.82) is 0 Å². The fourth-order valence-electron chi connectivity index (χ4n) is 4.23. The third kappa shape index (κ3) is 3.29. The van der Waals surface area contributed by atoms with Gasteiger partial charge >= 0.3 is 151 Å². The average Bonchev–Trinajstić information content (AvgIpc) is 3.04. The maximum atomic E-state index is 2.41. The third-order valence-electron chi connectivity index (χ3n) is 5.64. The fraction of sp³-hybridized carbons (Fsp3) is 0.429. The molecule has 0 radical (unpaired) electrons. The zero-order valence-electron chi connectivity index (χ0n) is 15.5. The normalized spacial score (nSPS) is 23.6. The van der Waals surface area contributed by atoms with Gasteiger partial charge in [-0.15, -0.1) is 24.8 Å². The third-order valence-corrected chi connectivity index (χ3v) is 7.27. The molecule has 0 saturated carbocycles. The molecule has 0 fully saturated rings. The summed E-state index contributed by atoms with van der Waals surface area (Å²) in [5.74, 6) is 0.517. The largest absolute Gasteiger partial charge is 0.147 e. The van der Waals surface area contributed by atoms with Gasteiger partial charge in [0.15, 0.2) is 0 Å². The first kappa shape index (κ1) is 21.9. The Bertz CT molecular complexity index is 755. The van der Waals surface area contributed by atoms with Gasteiger partial charge in [0.1, 0.15) is 0 Å². The van der Waals surface area contributed by atoms with Crippen molar-refractivity contribution in [1.82, 2.24) is 0 Å². The minimum absolute atomic E-state index is 0. The Balaban J connectivity index is 0.00000144. The summed E-state index contributed by atoms with van der Waals surface area (Å²) in [5, 5.41) is 0. The molecule has 0 aliphatic heterocycles. The molecule has 1 atom stereocenters. The first-order valence-corrected chi connectivity index (χ1v) is 9.45. The van der Waals surface area contributed by atoms with E-state index in [2.05, 4.69) is 53.7 Å². The quantitative estimate of drug-likeness (QED) is 0.436. The van der Waals surface area contributed by atoms with Crippen LogP contribution in [0.15, 0.2) is 65.6 Å². The van der Waals surface area contributed by atoms with Crippen molar-refractivity contribution in [3.63, 3.8) is 0 Å². The number of hydrogen-bond donors (Lipinski definition) is 0. The predicted octanol–water partition coefficient (Wildman–Crippen LogP) is 6.93. The number of rotatable bonds is 2. The summed E-state index contributed by atoms with van der Waals surface area (Å²) >= 11 is 1.57. The first-order valence-electron chi connectivity index (χ1n) is 8.22. The van der Waals surface area contributed by atoms with Gasteiger partial charge in [-0.25, -0.2) is 0 Å². The van der Waals surface area contributed by atoms with Crippen LogP contribution in [0.2, 0.25) is 0 Å². The Morgan fingerprint density at radius 2 is 1.29 bits per heavy atom. The van der Waals surface area contributed by atoms with Crippen LogP contribution in [-0.2, 0) is 24.7 Å². The van der Waals surface area contributed by atoms with E-state index in [0.717, 1.165) is 12.8 Å². The molecule has 0 saturated heterocycles. The summed E-state index contributed by atoms with van der Waals surface area (Å²) < 4.78 is 1.64. The number of hydrogen-bond acceptors (Lipinski definition) is 0. The summed E-state index contributed by atoms with van der Waals surface area (Å²) in [6.07, 6.45) is 7.08. The van der Waals surface area contributed by atoms with Gasteiger partial charge in [0, 0.05) is 0 Å². The standard InChI is InChI=1S/C21H25.2ClH.Zr/c1-12-7-8-13(2)19(12)18-11-16(5)17(6)21(18)20-14(3)9-10-15(20)4;;;/h7,9,18H,8,10H2,1-6H3;2*1H;. The minimum Gasteiger partial charge on any atom is -0.147 e. The van der Waals surface area contributed by atoms with Crippen molar-refractivity contribution < 1.29 is 24.7 Å². The molecule has 3 rings (SSSR count). The van der Waals surface area contributed by atoms with E-state index >= 15 is 0 Å². The van der Waals surface area contributed by atoms with Crippen LogP contribution in [0.25, 0.3) is 0 Å². The predicted molar refractivity (Wildman–Crippen MR) is 106 cm³/mol. The van der Waals surface area contributed by atoms with Gasteiger partial charge in [0.05, 0.1) is 0 Å². The minimum atomic E-state index is 0. The zero-order chi connectivity index (χ0) is 16.2. The molecular formula is C21H27Cl2Zr. The van der Waals surface area contributed by atoms with E-state index in [1.165, 1.54) is 16.7 Å². The zero-order valence-corrected chi connectivity index (χ0v) is 19.6. The molecule has 0 amide bonds. The second-order valence-corrected chi connectivity index (χ2v) is 8.37. The molecule has 0 heterocycles. The van der Waals surface area contributed by atoms with E-state index in [-0.39, 0.29) is 24.8 Å². The molecule has 0 spiro atoms. The molecule has 0 bridgehead atoms. The molecule has 129 valence electrons. The first-order chi connectivity index (χ1) is 10.3. The van der Waals surface area contributed by atoms with E-state index in [4.69, 9.17) is 0 Å². The molecule has 1 unspecified atom stereocenters. The van der Waals surface area contributed by atoms with Crippen LogP contribution in [0.4, 0.5) is 0 Å². The fourth-order valence-corrected chi connectivity index (χ4v) is 5.40. The Kier molecular flexibility index (Phi) is 7.38. The molecule has 0 N–H and O–H groups in total. The Labute approximate surface area is 174 Å². The van der Waals surface area contributed by atoms with Crippen LogP contribution in [0.1, 0.15) is 54.4 Å². The van der Waals surface area contributed by atoms with Crippen molar-refractivity contribution in [2.45, 2.75) is 54.4 Å². The summed E-state index contributed by atoms with van der Waals surface area (Å²) in [6, 6.07) is 0. The van der Waals surface area contributed by atoms with Crippen molar-refractivity contribution in [3.05, 3.63) is 65.6 Å². The monoisotopic (exact) mass is 439 g/mol. The summed E-state index contributed by atoms with van der Waals surface area (Å²) in [7, 11) is 0. The molecule has 3 aliphatic rings. The SMILES string of the molecule is CC1=CCC(C)=C1C1=C(C)C(C)=[C]([Zr])C1C1=C(C)CC=C1C.Cl.Cl. The summed E-state index contributed by atoms with van der Waals surface area (Å²) in [4.78, 5) is 0. The molecule has 3 aliphatic carbocycles. The molecule has 0 aromatic carbocycles. The van der Waals surface area contributed by atoms with E-state index in [1.54, 1.807) is 61.4 Å². The van der Waals surface area contributed by atoms with Crippen LogP contribution in [0.5, 0.6) is 0 Å². The van der Waals surface area contributed by atoms with Crippen molar-refractivity contribution in [2.75, 3.05) is 0 Å². The van der Waals surface area contributed by atoms with Crippen LogP contribution in [-0.4, -0.2) is 0 Å². The van der Waals surface area contributed by atoms with Crippen LogP contribution < -0.4 is 0 Å². The topological polar surface area (TPSA) is 0 Å². The molecule has 24 heavy (non-hydrogen) atoms. The van der Waals surface area contributed by atoms with Gasteiger partial charge in [0.2, 0.25) is 0 Å². The molecule has 0 nitrogen and oxygen atoms in total. The van der Waals surface area contributed by atoms with E-state index in [9.17, 15) is 0 Å². The molecule has 3 heteroatoms. The van der Waals surface area contributed by atoms with Gasteiger partial charge in [-0.2, -0.15) is 0 Å². The average molecular weight is 442 g/mol. The Hall–Kier alpha value is -0.0969. The maximum absolute atomic E-state index is 2.41. The van der Waals surface area contributed by atoms with E-state index in [1.807, 2.05) is 0 Å². The maximum Gasteiger partial charge on any atom is -0.147 e. The van der Waals surface area contributed by atoms with Gasteiger partial charge in [-0.05, 0) is 0 Å². The van der Waals surface area contributed by atoms with Gasteiger partial charge < -0.3 is 0 Å². The van der Waals surface area contributed by atoms with E-state index < -0.39 is 0 Å². The molecule has 0 aromatic rings. The van der Waals surface area contributed by atoms with E-state index in [0.29, 0.717) is 5.92 Å². The molecule has 0 aromatic heterocycles. The van der Waals surface area contributed by atoms with Crippen LogP contribution >= 0.6 is 24.8 Å².